The summed E-state index contributed by atoms with van der Waals surface area (Å²) in [7, 11) is 0. The summed E-state index contributed by atoms with van der Waals surface area (Å²) in [6.07, 6.45) is 11.0. The minimum atomic E-state index is 0. The van der Waals surface area contributed by atoms with Crippen molar-refractivity contribution in [2.45, 2.75) is 26.7 Å². The number of allylic oxidation sites excluding steroid dienone is 4. The Bertz CT molecular complexity index is 645. The van der Waals surface area contributed by atoms with Crippen molar-refractivity contribution in [3.63, 3.8) is 0 Å². The molecular formula is C21H20Cl2Zr-2. The van der Waals surface area contributed by atoms with Crippen LogP contribution in [0.5, 0.6) is 0 Å². The quantitative estimate of drug-likeness (QED) is 0.403. The van der Waals surface area contributed by atoms with Crippen molar-refractivity contribution in [3.05, 3.63) is 84.0 Å². The first-order chi connectivity index (χ1) is 10.7. The Kier molecular flexibility index (Phi) is 12.2. The Morgan fingerprint density at radius 1 is 1.00 bits per heavy atom. The maximum atomic E-state index is 3.30. The van der Waals surface area contributed by atoms with Gasteiger partial charge < -0.3 is 24.8 Å². The van der Waals surface area contributed by atoms with E-state index in [2.05, 4.69) is 68.5 Å². The van der Waals surface area contributed by atoms with E-state index >= 15 is 0 Å². The summed E-state index contributed by atoms with van der Waals surface area (Å²) in [5.74, 6) is 0. The van der Waals surface area contributed by atoms with Gasteiger partial charge in [-0.15, -0.1) is 12.0 Å². The monoisotopic (exact) mass is 432 g/mol. The van der Waals surface area contributed by atoms with Gasteiger partial charge in [-0.25, -0.2) is 12.2 Å². The summed E-state index contributed by atoms with van der Waals surface area (Å²) >= 11 is 1.55. The van der Waals surface area contributed by atoms with Gasteiger partial charge in [0, 0.05) is 0 Å². The van der Waals surface area contributed by atoms with Gasteiger partial charge in [0.25, 0.3) is 0 Å². The summed E-state index contributed by atoms with van der Waals surface area (Å²) in [6, 6.07) is 18.1. The van der Waals surface area contributed by atoms with Crippen LogP contribution in [0.1, 0.15) is 31.4 Å². The van der Waals surface area contributed by atoms with Gasteiger partial charge in [-0.1, -0.05) is 35.4 Å². The van der Waals surface area contributed by atoms with Crippen molar-refractivity contribution < 1.29 is 49.0 Å². The molecule has 0 spiro atoms. The van der Waals surface area contributed by atoms with Crippen LogP contribution in [0, 0.1) is 12.1 Å². The second-order valence-corrected chi connectivity index (χ2v) is 7.86. The third-order valence-corrected chi connectivity index (χ3v) is 3.20. The SMILES string of the molecule is C[C](C)=[Zr+2].[C-]1=CC=CC1.[Cl-].[Cl-].[c-]1cccc2c1Cc1ccccc1-2. The van der Waals surface area contributed by atoms with Crippen LogP contribution in [0.4, 0.5) is 0 Å². The number of rotatable bonds is 0. The summed E-state index contributed by atoms with van der Waals surface area (Å²) in [6.45, 7) is 4.25. The molecule has 0 heterocycles. The Balaban J connectivity index is 0.000000409. The third kappa shape index (κ3) is 7.43. The van der Waals surface area contributed by atoms with Gasteiger partial charge in [0.2, 0.25) is 0 Å². The molecule has 0 nitrogen and oxygen atoms in total. The second kappa shape index (κ2) is 12.6. The van der Waals surface area contributed by atoms with Gasteiger partial charge >= 0.3 is 41.3 Å². The Hall–Kier alpha value is -0.747. The van der Waals surface area contributed by atoms with Crippen molar-refractivity contribution in [3.8, 4) is 11.1 Å². The van der Waals surface area contributed by atoms with E-state index in [0.29, 0.717) is 0 Å². The first-order valence-electron chi connectivity index (χ1n) is 7.50. The number of halogens is 2. The zero-order chi connectivity index (χ0) is 15.8. The van der Waals surface area contributed by atoms with E-state index in [1.54, 1.807) is 24.2 Å². The average Bonchev–Trinajstić information content (AvgIpc) is 3.18. The van der Waals surface area contributed by atoms with Crippen molar-refractivity contribution in [1.29, 1.82) is 0 Å². The summed E-state index contributed by atoms with van der Waals surface area (Å²) < 4.78 is 1.51. The van der Waals surface area contributed by atoms with E-state index in [1.165, 1.54) is 25.5 Å². The molecule has 124 valence electrons. The second-order valence-electron chi connectivity index (χ2n) is 5.40. The molecule has 0 aliphatic heterocycles. The number of fused-ring (bicyclic) bond motifs is 3. The van der Waals surface area contributed by atoms with Crippen LogP contribution in [0.3, 0.4) is 0 Å². The summed E-state index contributed by atoms with van der Waals surface area (Å²) in [5.41, 5.74) is 5.51. The summed E-state index contributed by atoms with van der Waals surface area (Å²) in [4.78, 5) is 0. The van der Waals surface area contributed by atoms with Crippen LogP contribution in [-0.4, -0.2) is 3.21 Å². The molecule has 2 aliphatic rings. The Labute approximate surface area is 173 Å². The summed E-state index contributed by atoms with van der Waals surface area (Å²) in [5, 5.41) is 0. The molecule has 0 saturated heterocycles. The largest absolute Gasteiger partial charge is 1.00 e. The molecule has 0 amide bonds. The fourth-order valence-electron chi connectivity index (χ4n) is 2.34. The maximum Gasteiger partial charge on any atom is -0.0253 e. The molecular weight excluding hydrogens is 414 g/mol. The molecule has 2 aromatic carbocycles. The van der Waals surface area contributed by atoms with Gasteiger partial charge in [0.15, 0.2) is 0 Å². The molecule has 4 rings (SSSR count). The molecule has 0 unspecified atom stereocenters. The van der Waals surface area contributed by atoms with Crippen LogP contribution in [0.15, 0.2) is 60.7 Å². The molecule has 0 fully saturated rings. The van der Waals surface area contributed by atoms with Crippen LogP contribution in [0.25, 0.3) is 11.1 Å². The number of benzene rings is 2. The molecule has 2 aromatic rings. The van der Waals surface area contributed by atoms with Crippen molar-refractivity contribution in [1.82, 2.24) is 0 Å². The van der Waals surface area contributed by atoms with E-state index < -0.39 is 0 Å². The number of hydrogen-bond donors (Lipinski definition) is 0. The van der Waals surface area contributed by atoms with E-state index in [-0.39, 0.29) is 24.8 Å². The molecule has 0 atom stereocenters. The van der Waals surface area contributed by atoms with Crippen LogP contribution in [0.2, 0.25) is 0 Å². The molecule has 0 radical (unpaired) electrons. The normalized spacial score (nSPS) is 11.5. The Morgan fingerprint density at radius 3 is 2.25 bits per heavy atom. The molecule has 2 aliphatic carbocycles. The van der Waals surface area contributed by atoms with E-state index in [4.69, 9.17) is 0 Å². The minimum Gasteiger partial charge on any atom is -1.00 e. The standard InChI is InChI=1S/C13H9.C5H5.C3H6.2ClH.Zr/c1-3-7-12-10(5-1)9-11-6-2-4-8-13(11)12;1-2-4-5-3-1;1-3-2;;;/h1-5,7-8H,9H2;1-3H,4H2;1-2H3;2*1H;/q2*-1;;;;+2/p-2. The topological polar surface area (TPSA) is 0 Å². The van der Waals surface area contributed by atoms with Gasteiger partial charge in [-0.05, 0) is 6.42 Å². The minimum absolute atomic E-state index is 0. The zero-order valence-corrected chi connectivity index (χ0v) is 17.9. The number of hydrogen-bond acceptors (Lipinski definition) is 0. The van der Waals surface area contributed by atoms with Crippen molar-refractivity contribution in [2.75, 3.05) is 0 Å². The molecule has 0 aromatic heterocycles. The van der Waals surface area contributed by atoms with Crippen LogP contribution < -0.4 is 24.8 Å². The first-order valence-corrected chi connectivity index (χ1v) is 8.72. The van der Waals surface area contributed by atoms with Crippen molar-refractivity contribution in [2.24, 2.45) is 0 Å². The maximum absolute atomic E-state index is 3.30. The third-order valence-electron chi connectivity index (χ3n) is 3.20. The van der Waals surface area contributed by atoms with Gasteiger partial charge in [-0.2, -0.15) is 35.9 Å². The Morgan fingerprint density at radius 2 is 1.67 bits per heavy atom. The van der Waals surface area contributed by atoms with E-state index in [1.807, 2.05) is 18.2 Å². The van der Waals surface area contributed by atoms with E-state index in [0.717, 1.165) is 12.8 Å². The van der Waals surface area contributed by atoms with Crippen LogP contribution >= 0.6 is 0 Å². The fourth-order valence-corrected chi connectivity index (χ4v) is 2.34. The zero-order valence-electron chi connectivity index (χ0n) is 13.9. The van der Waals surface area contributed by atoms with Crippen LogP contribution in [-0.2, 0) is 30.7 Å². The molecule has 0 bridgehead atoms. The predicted octanol–water partition coefficient (Wildman–Crippen LogP) is -0.883. The van der Waals surface area contributed by atoms with Gasteiger partial charge in [-0.3, -0.25) is 6.08 Å². The van der Waals surface area contributed by atoms with Gasteiger partial charge in [0.05, 0.1) is 0 Å². The average molecular weight is 435 g/mol. The molecule has 24 heavy (non-hydrogen) atoms. The van der Waals surface area contributed by atoms with E-state index in [9.17, 15) is 0 Å². The molecule has 0 N–H and O–H groups in total. The molecule has 0 saturated carbocycles. The molecule has 3 heteroatoms. The smallest absolute Gasteiger partial charge is 0.0253 e. The predicted molar refractivity (Wildman–Crippen MR) is 91.4 cm³/mol. The first kappa shape index (κ1) is 23.3. The van der Waals surface area contributed by atoms with Crippen molar-refractivity contribution >= 4 is 3.21 Å². The fraction of sp³-hybridized carbons (Fsp3) is 0.190. The van der Waals surface area contributed by atoms with Gasteiger partial charge in [0.1, 0.15) is 0 Å².